The Balaban J connectivity index is 2.32. The number of alkyl halides is 3. The Labute approximate surface area is 115 Å². The van der Waals surface area contributed by atoms with Crippen molar-refractivity contribution in [1.82, 2.24) is 0 Å². The molecule has 2 rings (SSSR count). The van der Waals surface area contributed by atoms with Crippen molar-refractivity contribution < 1.29 is 13.2 Å². The summed E-state index contributed by atoms with van der Waals surface area (Å²) in [6.45, 7) is 0.397. The third kappa shape index (κ3) is 3.23. The summed E-state index contributed by atoms with van der Waals surface area (Å²) in [5, 5.41) is 0. The van der Waals surface area contributed by atoms with E-state index in [-0.39, 0.29) is 11.4 Å². The molecule has 0 bridgehead atoms. The largest absolute Gasteiger partial charge is 0.418 e. The molecule has 2 N–H and O–H groups in total. The summed E-state index contributed by atoms with van der Waals surface area (Å²) in [6.07, 6.45) is -4.42. The predicted molar refractivity (Wildman–Crippen MR) is 74.4 cm³/mol. The minimum Gasteiger partial charge on any atom is -0.399 e. The van der Waals surface area contributed by atoms with Crippen LogP contribution in [0.25, 0.3) is 0 Å². The van der Waals surface area contributed by atoms with E-state index in [1.807, 2.05) is 30.3 Å². The molecular weight excluding hydrogens is 265 g/mol. The van der Waals surface area contributed by atoms with Gasteiger partial charge in [-0.3, -0.25) is 0 Å². The minimum atomic E-state index is -4.42. The van der Waals surface area contributed by atoms with Crippen molar-refractivity contribution in [3.8, 4) is 0 Å². The first-order chi connectivity index (χ1) is 9.38. The number of hydrogen-bond donors (Lipinski definition) is 1. The second-order valence-electron chi connectivity index (χ2n) is 4.62. The molecule has 2 aromatic carbocycles. The molecule has 0 aliphatic carbocycles. The molecule has 0 saturated carbocycles. The molecule has 0 fully saturated rings. The summed E-state index contributed by atoms with van der Waals surface area (Å²) >= 11 is 0. The zero-order chi connectivity index (χ0) is 14.8. The highest BCUT2D eigenvalue weighted by Crippen LogP contribution is 2.37. The first-order valence-corrected chi connectivity index (χ1v) is 6.09. The van der Waals surface area contributed by atoms with Crippen LogP contribution in [-0.2, 0) is 12.7 Å². The average Bonchev–Trinajstić information content (AvgIpc) is 2.38. The third-order valence-electron chi connectivity index (χ3n) is 3.00. The topological polar surface area (TPSA) is 29.3 Å². The van der Waals surface area contributed by atoms with Crippen molar-refractivity contribution in [2.45, 2.75) is 12.7 Å². The van der Waals surface area contributed by atoms with Gasteiger partial charge in [0, 0.05) is 25.0 Å². The smallest absolute Gasteiger partial charge is 0.399 e. The van der Waals surface area contributed by atoms with Gasteiger partial charge in [-0.1, -0.05) is 30.3 Å². The number of nitrogens with two attached hydrogens (primary N) is 1. The molecule has 20 heavy (non-hydrogen) atoms. The molecule has 0 saturated heterocycles. The number of anilines is 2. The van der Waals surface area contributed by atoms with E-state index in [0.717, 1.165) is 11.6 Å². The fraction of sp³-hybridized carbons (Fsp3) is 0.200. The van der Waals surface area contributed by atoms with E-state index in [4.69, 9.17) is 5.73 Å². The summed E-state index contributed by atoms with van der Waals surface area (Å²) in [4.78, 5) is 1.57. The van der Waals surface area contributed by atoms with Crippen LogP contribution in [0.4, 0.5) is 24.5 Å². The van der Waals surface area contributed by atoms with Crippen LogP contribution in [0.2, 0.25) is 0 Å². The van der Waals surface area contributed by atoms with E-state index in [9.17, 15) is 13.2 Å². The number of benzene rings is 2. The average molecular weight is 280 g/mol. The van der Waals surface area contributed by atoms with Gasteiger partial charge in [0.25, 0.3) is 0 Å². The number of halogens is 3. The predicted octanol–water partition coefficient (Wildman–Crippen LogP) is 3.92. The molecular formula is C15H15F3N2. The Kier molecular flexibility index (Phi) is 3.88. The van der Waals surface area contributed by atoms with Crippen LogP contribution in [0, 0.1) is 0 Å². The maximum atomic E-state index is 13.0. The van der Waals surface area contributed by atoms with Crippen molar-refractivity contribution in [1.29, 1.82) is 0 Å². The summed E-state index contributed by atoms with van der Waals surface area (Å²) < 4.78 is 39.1. The molecule has 0 amide bonds. The quantitative estimate of drug-likeness (QED) is 0.863. The standard InChI is InChI=1S/C15H15F3N2/c1-20(10-11-5-3-2-4-6-11)14-8-7-12(19)9-13(14)15(16,17)18/h2-9H,10,19H2,1H3. The van der Waals surface area contributed by atoms with Gasteiger partial charge in [-0.25, -0.2) is 0 Å². The first kappa shape index (κ1) is 14.2. The van der Waals surface area contributed by atoms with Gasteiger partial charge in [0.2, 0.25) is 0 Å². The fourth-order valence-electron chi connectivity index (χ4n) is 2.06. The minimum absolute atomic E-state index is 0.106. The molecule has 0 aliphatic rings. The molecule has 0 spiro atoms. The van der Waals surface area contributed by atoms with Crippen molar-refractivity contribution in [2.75, 3.05) is 17.7 Å². The molecule has 2 nitrogen and oxygen atoms in total. The first-order valence-electron chi connectivity index (χ1n) is 6.09. The molecule has 106 valence electrons. The van der Waals surface area contributed by atoms with E-state index in [1.54, 1.807) is 11.9 Å². The number of nitrogens with zero attached hydrogens (tertiary/aromatic N) is 1. The summed E-state index contributed by atoms with van der Waals surface area (Å²) in [5.74, 6) is 0. The van der Waals surface area contributed by atoms with Crippen LogP contribution < -0.4 is 10.6 Å². The van der Waals surface area contributed by atoms with Crippen LogP contribution in [0.15, 0.2) is 48.5 Å². The molecule has 0 aromatic heterocycles. The lowest BCUT2D eigenvalue weighted by Gasteiger charge is -2.24. The maximum absolute atomic E-state index is 13.0. The monoisotopic (exact) mass is 280 g/mol. The van der Waals surface area contributed by atoms with Gasteiger partial charge >= 0.3 is 6.18 Å². The molecule has 0 heterocycles. The highest BCUT2D eigenvalue weighted by molar-refractivity contribution is 5.60. The van der Waals surface area contributed by atoms with Crippen molar-refractivity contribution in [3.63, 3.8) is 0 Å². The van der Waals surface area contributed by atoms with Crippen molar-refractivity contribution in [2.24, 2.45) is 0 Å². The maximum Gasteiger partial charge on any atom is 0.418 e. The second kappa shape index (κ2) is 5.45. The lowest BCUT2D eigenvalue weighted by Crippen LogP contribution is -2.21. The van der Waals surface area contributed by atoms with Gasteiger partial charge < -0.3 is 10.6 Å². The van der Waals surface area contributed by atoms with Gasteiger partial charge in [0.05, 0.1) is 5.56 Å². The zero-order valence-corrected chi connectivity index (χ0v) is 11.0. The molecule has 0 radical (unpaired) electrons. The fourth-order valence-corrected chi connectivity index (χ4v) is 2.06. The molecule has 0 unspecified atom stereocenters. The Morgan fingerprint density at radius 3 is 2.30 bits per heavy atom. The lowest BCUT2D eigenvalue weighted by molar-refractivity contribution is -0.137. The lowest BCUT2D eigenvalue weighted by atomic mass is 10.1. The van der Waals surface area contributed by atoms with Crippen LogP contribution in [0.3, 0.4) is 0 Å². The Hall–Kier alpha value is -2.17. The third-order valence-corrected chi connectivity index (χ3v) is 3.00. The highest BCUT2D eigenvalue weighted by Gasteiger charge is 2.34. The summed E-state index contributed by atoms with van der Waals surface area (Å²) in [7, 11) is 1.63. The second-order valence-corrected chi connectivity index (χ2v) is 4.62. The van der Waals surface area contributed by atoms with Crippen molar-refractivity contribution in [3.05, 3.63) is 59.7 Å². The van der Waals surface area contributed by atoms with Crippen LogP contribution in [0.5, 0.6) is 0 Å². The van der Waals surface area contributed by atoms with E-state index in [0.29, 0.717) is 6.54 Å². The van der Waals surface area contributed by atoms with Crippen LogP contribution in [0.1, 0.15) is 11.1 Å². The number of hydrogen-bond acceptors (Lipinski definition) is 2. The van der Waals surface area contributed by atoms with E-state index in [2.05, 4.69) is 0 Å². The number of rotatable bonds is 3. The summed E-state index contributed by atoms with van der Waals surface area (Å²) in [6, 6.07) is 13.2. The van der Waals surface area contributed by atoms with E-state index in [1.165, 1.54) is 12.1 Å². The summed E-state index contributed by atoms with van der Waals surface area (Å²) in [5.41, 5.74) is 5.92. The SMILES string of the molecule is CN(Cc1ccccc1)c1ccc(N)cc1C(F)(F)F. The Bertz CT molecular complexity index is 579. The Morgan fingerprint density at radius 1 is 1.05 bits per heavy atom. The zero-order valence-electron chi connectivity index (χ0n) is 11.0. The molecule has 2 aromatic rings. The van der Waals surface area contributed by atoms with Crippen molar-refractivity contribution >= 4 is 11.4 Å². The van der Waals surface area contributed by atoms with E-state index >= 15 is 0 Å². The Morgan fingerprint density at radius 2 is 1.70 bits per heavy atom. The van der Waals surface area contributed by atoms with Gasteiger partial charge in [0.1, 0.15) is 0 Å². The molecule has 5 heteroatoms. The highest BCUT2D eigenvalue weighted by atomic mass is 19.4. The van der Waals surface area contributed by atoms with Gasteiger partial charge in [-0.05, 0) is 23.8 Å². The molecule has 0 atom stereocenters. The van der Waals surface area contributed by atoms with Crippen LogP contribution in [-0.4, -0.2) is 7.05 Å². The normalized spacial score (nSPS) is 11.4. The van der Waals surface area contributed by atoms with E-state index < -0.39 is 11.7 Å². The molecule has 0 aliphatic heterocycles. The van der Waals surface area contributed by atoms with Gasteiger partial charge in [-0.2, -0.15) is 13.2 Å². The van der Waals surface area contributed by atoms with Crippen LogP contribution >= 0.6 is 0 Å². The number of nitrogen functional groups attached to an aromatic ring is 1. The van der Waals surface area contributed by atoms with Gasteiger partial charge in [0.15, 0.2) is 0 Å². The van der Waals surface area contributed by atoms with Gasteiger partial charge in [-0.15, -0.1) is 0 Å².